The summed E-state index contributed by atoms with van der Waals surface area (Å²) < 4.78 is 48.4. The number of anilines is 2. The summed E-state index contributed by atoms with van der Waals surface area (Å²) in [6.07, 6.45) is -3.31. The second-order valence-electron chi connectivity index (χ2n) is 6.63. The van der Waals surface area contributed by atoms with Crippen LogP contribution in [0.15, 0.2) is 30.5 Å². The van der Waals surface area contributed by atoms with Gasteiger partial charge in [-0.05, 0) is 18.2 Å². The van der Waals surface area contributed by atoms with Gasteiger partial charge in [0.1, 0.15) is 11.3 Å². The SMILES string of the molecule is COCCNC(=O)c1cnc2c(c1)nc(Nc1nc3ccc(OC(F)(F)F)cc3s1)n2C. The van der Waals surface area contributed by atoms with E-state index < -0.39 is 6.36 Å². The maximum absolute atomic E-state index is 12.4. The molecule has 2 N–H and O–H groups in total. The fraction of sp³-hybridized carbons (Fsp3) is 0.263. The number of amides is 1. The highest BCUT2D eigenvalue weighted by molar-refractivity contribution is 7.22. The number of aryl methyl sites for hydroxylation is 1. The quantitative estimate of drug-likeness (QED) is 0.401. The molecule has 0 aliphatic rings. The number of benzene rings is 1. The summed E-state index contributed by atoms with van der Waals surface area (Å²) in [6, 6.07) is 5.55. The number of hydrogen-bond acceptors (Lipinski definition) is 8. The normalized spacial score (nSPS) is 11.8. The van der Waals surface area contributed by atoms with E-state index in [1.54, 1.807) is 24.8 Å². The minimum atomic E-state index is -4.76. The van der Waals surface area contributed by atoms with Gasteiger partial charge in [-0.25, -0.2) is 15.0 Å². The van der Waals surface area contributed by atoms with Crippen molar-refractivity contribution in [3.8, 4) is 5.75 Å². The van der Waals surface area contributed by atoms with E-state index in [9.17, 15) is 18.0 Å². The van der Waals surface area contributed by atoms with E-state index in [-0.39, 0.29) is 11.7 Å². The Morgan fingerprint density at radius 1 is 1.22 bits per heavy atom. The number of rotatable bonds is 7. The van der Waals surface area contributed by atoms with E-state index in [4.69, 9.17) is 4.74 Å². The lowest BCUT2D eigenvalue weighted by atomic mass is 10.2. The molecule has 4 aromatic rings. The highest BCUT2D eigenvalue weighted by Crippen LogP contribution is 2.33. The van der Waals surface area contributed by atoms with Crippen molar-refractivity contribution in [3.63, 3.8) is 0 Å². The number of nitrogens with zero attached hydrogens (tertiary/aromatic N) is 4. The molecule has 4 rings (SSSR count). The molecule has 0 aliphatic heterocycles. The van der Waals surface area contributed by atoms with Crippen molar-refractivity contribution in [3.05, 3.63) is 36.0 Å². The lowest BCUT2D eigenvalue weighted by molar-refractivity contribution is -0.274. The van der Waals surface area contributed by atoms with Crippen molar-refractivity contribution in [2.24, 2.45) is 7.05 Å². The number of ether oxygens (including phenoxy) is 2. The number of methoxy groups -OCH3 is 1. The van der Waals surface area contributed by atoms with Gasteiger partial charge in [0.05, 0.1) is 22.4 Å². The van der Waals surface area contributed by atoms with Crippen LogP contribution in [0.25, 0.3) is 21.4 Å². The molecule has 0 unspecified atom stereocenters. The van der Waals surface area contributed by atoms with Crippen molar-refractivity contribution in [1.82, 2.24) is 24.8 Å². The summed E-state index contributed by atoms with van der Waals surface area (Å²) in [6.45, 7) is 0.765. The predicted octanol–water partition coefficient (Wildman–Crippen LogP) is 3.60. The second kappa shape index (κ2) is 8.59. The first-order valence-electron chi connectivity index (χ1n) is 9.26. The average molecular weight is 466 g/mol. The molecule has 0 fully saturated rings. The molecule has 9 nitrogen and oxygen atoms in total. The Kier molecular flexibility index (Phi) is 5.84. The third kappa shape index (κ3) is 4.73. The van der Waals surface area contributed by atoms with Gasteiger partial charge in [0.15, 0.2) is 10.8 Å². The van der Waals surface area contributed by atoms with Crippen LogP contribution < -0.4 is 15.4 Å². The van der Waals surface area contributed by atoms with Gasteiger partial charge in [-0.3, -0.25) is 9.36 Å². The molecule has 0 saturated heterocycles. The molecule has 0 aliphatic carbocycles. The molecular weight excluding hydrogens is 449 g/mol. The average Bonchev–Trinajstić information content (AvgIpc) is 3.26. The number of carbonyl (C=O) groups is 1. The molecule has 1 aromatic carbocycles. The first-order chi connectivity index (χ1) is 15.2. The fourth-order valence-electron chi connectivity index (χ4n) is 2.93. The number of alkyl halides is 3. The lowest BCUT2D eigenvalue weighted by Gasteiger charge is -2.07. The maximum atomic E-state index is 12.4. The van der Waals surface area contributed by atoms with E-state index in [2.05, 4.69) is 30.3 Å². The maximum Gasteiger partial charge on any atom is 0.573 e. The van der Waals surface area contributed by atoms with Crippen LogP contribution in [0.1, 0.15) is 10.4 Å². The standard InChI is InChI=1S/C19H17F3N6O3S/c1-28-15-13(7-10(9-24-15)16(29)23-5-6-30-2)25-17(28)27-18-26-12-4-3-11(8-14(12)32-18)31-19(20,21)22/h3-4,7-9H,5-6H2,1-2H3,(H,23,29)(H,25,26,27). The Bertz CT molecular complexity index is 1290. The van der Waals surface area contributed by atoms with Crippen molar-refractivity contribution in [2.75, 3.05) is 25.6 Å². The van der Waals surface area contributed by atoms with Gasteiger partial charge in [-0.2, -0.15) is 0 Å². The number of carbonyl (C=O) groups excluding carboxylic acids is 1. The number of imidazole rings is 1. The van der Waals surface area contributed by atoms with Gasteiger partial charge in [0.25, 0.3) is 5.91 Å². The Morgan fingerprint density at radius 2 is 2.03 bits per heavy atom. The summed E-state index contributed by atoms with van der Waals surface area (Å²) >= 11 is 1.15. The summed E-state index contributed by atoms with van der Waals surface area (Å²) in [4.78, 5) is 25.3. The van der Waals surface area contributed by atoms with Crippen LogP contribution in [0.2, 0.25) is 0 Å². The van der Waals surface area contributed by atoms with Crippen molar-refractivity contribution in [1.29, 1.82) is 0 Å². The molecule has 0 spiro atoms. The number of hydrogen-bond donors (Lipinski definition) is 2. The number of nitrogens with one attached hydrogen (secondary N) is 2. The van der Waals surface area contributed by atoms with Crippen LogP contribution in [0.3, 0.4) is 0 Å². The second-order valence-corrected chi connectivity index (χ2v) is 7.66. The van der Waals surface area contributed by atoms with Crippen LogP contribution >= 0.6 is 11.3 Å². The highest BCUT2D eigenvalue weighted by Gasteiger charge is 2.31. The Balaban J connectivity index is 1.56. The lowest BCUT2D eigenvalue weighted by Crippen LogP contribution is -2.27. The zero-order chi connectivity index (χ0) is 22.9. The van der Waals surface area contributed by atoms with Gasteiger partial charge < -0.3 is 20.1 Å². The van der Waals surface area contributed by atoms with E-state index in [0.717, 1.165) is 11.3 Å². The minimum Gasteiger partial charge on any atom is -0.406 e. The number of halogens is 3. The van der Waals surface area contributed by atoms with Crippen molar-refractivity contribution < 1.29 is 27.4 Å². The minimum absolute atomic E-state index is 0.292. The zero-order valence-corrected chi connectivity index (χ0v) is 17.7. The molecule has 3 aromatic heterocycles. The van der Waals surface area contributed by atoms with Crippen LogP contribution in [0.4, 0.5) is 24.3 Å². The molecule has 0 radical (unpaired) electrons. The molecule has 0 atom stereocenters. The monoisotopic (exact) mass is 466 g/mol. The number of aromatic nitrogens is 4. The molecule has 3 heterocycles. The number of thiazole rings is 1. The van der Waals surface area contributed by atoms with Gasteiger partial charge in [-0.15, -0.1) is 13.2 Å². The van der Waals surface area contributed by atoms with E-state index in [0.29, 0.717) is 51.2 Å². The van der Waals surface area contributed by atoms with Gasteiger partial charge in [0, 0.05) is 33.0 Å². The van der Waals surface area contributed by atoms with E-state index >= 15 is 0 Å². The van der Waals surface area contributed by atoms with Crippen LogP contribution in [-0.4, -0.2) is 52.1 Å². The first kappa shape index (κ1) is 21.8. The first-order valence-corrected chi connectivity index (χ1v) is 10.1. The number of fused-ring (bicyclic) bond motifs is 2. The molecule has 13 heteroatoms. The third-order valence-corrected chi connectivity index (χ3v) is 5.31. The molecule has 168 valence electrons. The highest BCUT2D eigenvalue weighted by atomic mass is 32.1. The largest absolute Gasteiger partial charge is 0.573 e. The summed E-state index contributed by atoms with van der Waals surface area (Å²) in [5.74, 6) is -0.196. The van der Waals surface area contributed by atoms with Crippen LogP contribution in [0, 0.1) is 0 Å². The molecule has 1 amide bonds. The smallest absolute Gasteiger partial charge is 0.406 e. The Labute approximate surface area is 183 Å². The Hall–Kier alpha value is -3.45. The molecule has 0 saturated carbocycles. The fourth-order valence-corrected chi connectivity index (χ4v) is 3.82. The topological polar surface area (TPSA) is 103 Å². The van der Waals surface area contributed by atoms with E-state index in [1.165, 1.54) is 24.4 Å². The third-order valence-electron chi connectivity index (χ3n) is 4.38. The summed E-state index contributed by atoms with van der Waals surface area (Å²) in [5, 5.41) is 6.20. The van der Waals surface area contributed by atoms with Crippen molar-refractivity contribution in [2.45, 2.75) is 6.36 Å². The van der Waals surface area contributed by atoms with Crippen molar-refractivity contribution >= 4 is 49.7 Å². The van der Waals surface area contributed by atoms with Crippen LogP contribution in [0.5, 0.6) is 5.75 Å². The zero-order valence-electron chi connectivity index (χ0n) is 16.9. The Morgan fingerprint density at radius 3 is 2.78 bits per heavy atom. The molecule has 32 heavy (non-hydrogen) atoms. The summed E-state index contributed by atoms with van der Waals surface area (Å²) in [5.41, 5.74) is 1.91. The van der Waals surface area contributed by atoms with Gasteiger partial charge in [-0.1, -0.05) is 11.3 Å². The number of pyridine rings is 1. The summed E-state index contributed by atoms with van der Waals surface area (Å²) in [7, 11) is 3.29. The van der Waals surface area contributed by atoms with Gasteiger partial charge in [0.2, 0.25) is 5.95 Å². The molecular formula is C19H17F3N6O3S. The molecule has 0 bridgehead atoms. The van der Waals surface area contributed by atoms with Crippen LogP contribution in [-0.2, 0) is 11.8 Å². The predicted molar refractivity (Wildman–Crippen MR) is 112 cm³/mol. The van der Waals surface area contributed by atoms with Gasteiger partial charge >= 0.3 is 6.36 Å². The van der Waals surface area contributed by atoms with E-state index in [1.807, 2.05) is 0 Å².